The summed E-state index contributed by atoms with van der Waals surface area (Å²) in [7, 11) is 0. The SMILES string of the molecule is CC1CCC(NC(=O)[C@H](C)N2CCCN(c3ncccn3)CC2)CC1. The first kappa shape index (κ1) is 18.1. The molecule has 1 amide bonds. The van der Waals surface area contributed by atoms with Gasteiger partial charge in [0.05, 0.1) is 6.04 Å². The molecule has 2 aliphatic rings. The highest BCUT2D eigenvalue weighted by Crippen LogP contribution is 2.23. The van der Waals surface area contributed by atoms with Crippen LogP contribution in [-0.2, 0) is 4.79 Å². The first-order valence-corrected chi connectivity index (χ1v) is 9.70. The van der Waals surface area contributed by atoms with Crippen LogP contribution in [0.25, 0.3) is 0 Å². The van der Waals surface area contributed by atoms with Gasteiger partial charge in [-0.3, -0.25) is 9.69 Å². The summed E-state index contributed by atoms with van der Waals surface area (Å²) in [5, 5.41) is 3.28. The summed E-state index contributed by atoms with van der Waals surface area (Å²) in [5.74, 6) is 1.78. The normalized spacial score (nSPS) is 26.7. The second-order valence-corrected chi connectivity index (χ2v) is 7.57. The number of hydrogen-bond acceptors (Lipinski definition) is 5. The number of carbonyl (C=O) groups excluding carboxylic acids is 1. The van der Waals surface area contributed by atoms with Crippen LogP contribution in [0.2, 0.25) is 0 Å². The van der Waals surface area contributed by atoms with E-state index in [0.29, 0.717) is 6.04 Å². The van der Waals surface area contributed by atoms with Gasteiger partial charge < -0.3 is 10.2 Å². The van der Waals surface area contributed by atoms with E-state index in [-0.39, 0.29) is 11.9 Å². The molecule has 1 aliphatic carbocycles. The predicted molar refractivity (Wildman–Crippen MR) is 99.5 cm³/mol. The van der Waals surface area contributed by atoms with Gasteiger partial charge in [0.15, 0.2) is 0 Å². The molecule has 1 atom stereocenters. The third-order valence-corrected chi connectivity index (χ3v) is 5.65. The number of aromatic nitrogens is 2. The van der Waals surface area contributed by atoms with Crippen molar-refractivity contribution in [1.82, 2.24) is 20.2 Å². The molecule has 0 spiro atoms. The summed E-state index contributed by atoms with van der Waals surface area (Å²) in [6, 6.07) is 2.13. The zero-order chi connectivity index (χ0) is 17.6. The maximum Gasteiger partial charge on any atom is 0.237 e. The Bertz CT molecular complexity index is 544. The van der Waals surface area contributed by atoms with Crippen LogP contribution in [0.15, 0.2) is 18.5 Å². The molecular weight excluding hydrogens is 314 g/mol. The maximum atomic E-state index is 12.7. The molecule has 2 fully saturated rings. The number of carbonyl (C=O) groups is 1. The number of nitrogens with one attached hydrogen (secondary N) is 1. The number of rotatable bonds is 4. The van der Waals surface area contributed by atoms with Crippen LogP contribution < -0.4 is 10.2 Å². The molecule has 2 heterocycles. The molecule has 1 N–H and O–H groups in total. The van der Waals surface area contributed by atoms with Crippen molar-refractivity contribution in [1.29, 1.82) is 0 Å². The van der Waals surface area contributed by atoms with Crippen LogP contribution in [0.3, 0.4) is 0 Å². The number of anilines is 1. The highest BCUT2D eigenvalue weighted by atomic mass is 16.2. The average molecular weight is 345 g/mol. The predicted octanol–water partition coefficient (Wildman–Crippen LogP) is 2.07. The topological polar surface area (TPSA) is 61.4 Å². The van der Waals surface area contributed by atoms with E-state index in [2.05, 4.69) is 32.0 Å². The zero-order valence-electron chi connectivity index (χ0n) is 15.5. The monoisotopic (exact) mass is 345 g/mol. The molecule has 0 radical (unpaired) electrons. The molecule has 0 bridgehead atoms. The molecule has 1 aliphatic heterocycles. The first-order valence-electron chi connectivity index (χ1n) is 9.70. The summed E-state index contributed by atoms with van der Waals surface area (Å²) >= 11 is 0. The average Bonchev–Trinajstić information content (AvgIpc) is 2.90. The number of hydrogen-bond donors (Lipinski definition) is 1. The standard InChI is InChI=1S/C19H31N5O/c1-15-5-7-17(8-6-15)22-18(25)16(2)23-11-4-12-24(14-13-23)19-20-9-3-10-21-19/h3,9-10,15-17H,4-8,11-14H2,1-2H3,(H,22,25)/t15?,16-,17?/m0/s1. The minimum absolute atomic E-state index is 0.0732. The van der Waals surface area contributed by atoms with E-state index in [0.717, 1.165) is 57.3 Å². The number of amides is 1. The lowest BCUT2D eigenvalue weighted by Gasteiger charge is -2.31. The van der Waals surface area contributed by atoms with Gasteiger partial charge in [-0.05, 0) is 51.0 Å². The van der Waals surface area contributed by atoms with Gasteiger partial charge in [-0.15, -0.1) is 0 Å². The molecule has 138 valence electrons. The van der Waals surface area contributed by atoms with Crippen LogP contribution in [-0.4, -0.2) is 59.0 Å². The summed E-state index contributed by atoms with van der Waals surface area (Å²) in [6.07, 6.45) is 9.30. The van der Waals surface area contributed by atoms with E-state index in [4.69, 9.17) is 0 Å². The fourth-order valence-corrected chi connectivity index (χ4v) is 3.87. The molecule has 0 unspecified atom stereocenters. The van der Waals surface area contributed by atoms with E-state index in [1.165, 1.54) is 12.8 Å². The van der Waals surface area contributed by atoms with Crippen molar-refractivity contribution in [3.8, 4) is 0 Å². The van der Waals surface area contributed by atoms with Gasteiger partial charge in [0.2, 0.25) is 11.9 Å². The Labute approximate surface area is 151 Å². The minimum atomic E-state index is -0.0732. The first-order chi connectivity index (χ1) is 12.1. The van der Waals surface area contributed by atoms with Crippen molar-refractivity contribution in [3.05, 3.63) is 18.5 Å². The van der Waals surface area contributed by atoms with Crippen LogP contribution in [0.4, 0.5) is 5.95 Å². The fraction of sp³-hybridized carbons (Fsp3) is 0.737. The van der Waals surface area contributed by atoms with E-state index in [1.807, 2.05) is 13.0 Å². The van der Waals surface area contributed by atoms with Crippen molar-refractivity contribution < 1.29 is 4.79 Å². The smallest absolute Gasteiger partial charge is 0.237 e. The quantitative estimate of drug-likeness (QED) is 0.905. The molecule has 1 saturated carbocycles. The molecule has 3 rings (SSSR count). The second kappa shape index (κ2) is 8.61. The molecule has 6 nitrogen and oxygen atoms in total. The molecule has 1 saturated heterocycles. The summed E-state index contributed by atoms with van der Waals surface area (Å²) in [4.78, 5) is 25.9. The Morgan fingerprint density at radius 1 is 1.12 bits per heavy atom. The van der Waals surface area contributed by atoms with Gasteiger partial charge >= 0.3 is 0 Å². The Kier molecular flexibility index (Phi) is 6.24. The Morgan fingerprint density at radius 2 is 1.84 bits per heavy atom. The number of nitrogens with zero attached hydrogens (tertiary/aromatic N) is 4. The van der Waals surface area contributed by atoms with Crippen molar-refractivity contribution in [3.63, 3.8) is 0 Å². The van der Waals surface area contributed by atoms with Crippen molar-refractivity contribution in [2.75, 3.05) is 31.1 Å². The highest BCUT2D eigenvalue weighted by Gasteiger charge is 2.27. The van der Waals surface area contributed by atoms with Gasteiger partial charge in [0, 0.05) is 44.6 Å². The molecule has 0 aromatic carbocycles. The van der Waals surface area contributed by atoms with Gasteiger partial charge in [0.1, 0.15) is 0 Å². The van der Waals surface area contributed by atoms with Crippen LogP contribution in [0.1, 0.15) is 46.0 Å². The Hall–Kier alpha value is -1.69. The summed E-state index contributed by atoms with van der Waals surface area (Å²) in [5.41, 5.74) is 0. The third-order valence-electron chi connectivity index (χ3n) is 5.65. The minimum Gasteiger partial charge on any atom is -0.352 e. The van der Waals surface area contributed by atoms with Crippen LogP contribution in [0.5, 0.6) is 0 Å². The van der Waals surface area contributed by atoms with Gasteiger partial charge in [-0.25, -0.2) is 9.97 Å². The van der Waals surface area contributed by atoms with Crippen molar-refractivity contribution in [2.45, 2.75) is 58.0 Å². The zero-order valence-corrected chi connectivity index (χ0v) is 15.5. The summed E-state index contributed by atoms with van der Waals surface area (Å²) in [6.45, 7) is 7.96. The lowest BCUT2D eigenvalue weighted by atomic mass is 9.87. The lowest BCUT2D eigenvalue weighted by molar-refractivity contribution is -0.126. The van der Waals surface area contributed by atoms with E-state index in [1.54, 1.807) is 12.4 Å². The highest BCUT2D eigenvalue weighted by molar-refractivity contribution is 5.81. The molecule has 1 aromatic rings. The fourth-order valence-electron chi connectivity index (χ4n) is 3.87. The van der Waals surface area contributed by atoms with E-state index in [9.17, 15) is 4.79 Å². The largest absolute Gasteiger partial charge is 0.352 e. The van der Waals surface area contributed by atoms with Gasteiger partial charge in [-0.1, -0.05) is 6.92 Å². The maximum absolute atomic E-state index is 12.7. The van der Waals surface area contributed by atoms with Crippen molar-refractivity contribution >= 4 is 11.9 Å². The molecule has 1 aromatic heterocycles. The summed E-state index contributed by atoms with van der Waals surface area (Å²) < 4.78 is 0. The van der Waals surface area contributed by atoms with Crippen LogP contribution in [0, 0.1) is 5.92 Å². The molecular formula is C19H31N5O. The van der Waals surface area contributed by atoms with Crippen molar-refractivity contribution in [2.24, 2.45) is 5.92 Å². The second-order valence-electron chi connectivity index (χ2n) is 7.57. The van der Waals surface area contributed by atoms with Gasteiger partial charge in [-0.2, -0.15) is 0 Å². The van der Waals surface area contributed by atoms with E-state index >= 15 is 0 Å². The van der Waals surface area contributed by atoms with E-state index < -0.39 is 0 Å². The molecule has 25 heavy (non-hydrogen) atoms. The Balaban J connectivity index is 1.50. The Morgan fingerprint density at radius 3 is 2.56 bits per heavy atom. The van der Waals surface area contributed by atoms with Gasteiger partial charge in [0.25, 0.3) is 0 Å². The molecule has 6 heteroatoms. The third kappa shape index (κ3) is 4.91. The van der Waals surface area contributed by atoms with Crippen LogP contribution >= 0.6 is 0 Å². The lowest BCUT2D eigenvalue weighted by Crippen LogP contribution is -2.49.